The van der Waals surface area contributed by atoms with Gasteiger partial charge in [0.2, 0.25) is 5.91 Å². The Hall–Kier alpha value is -2.70. The first kappa shape index (κ1) is 17.7. The number of pyridine rings is 1. The van der Waals surface area contributed by atoms with Gasteiger partial charge in [0.05, 0.1) is 12.5 Å². The second-order valence-corrected chi connectivity index (χ2v) is 6.22. The van der Waals surface area contributed by atoms with Gasteiger partial charge < -0.3 is 10.3 Å². The topological polar surface area (TPSA) is 108 Å². The highest BCUT2D eigenvalue weighted by Gasteiger charge is 2.18. The zero-order valence-corrected chi connectivity index (χ0v) is 14.1. The Morgan fingerprint density at radius 2 is 2.04 bits per heavy atom. The molecule has 2 aromatic rings. The summed E-state index contributed by atoms with van der Waals surface area (Å²) in [6.45, 7) is 5.75. The van der Waals surface area contributed by atoms with Crippen molar-refractivity contribution in [3.63, 3.8) is 0 Å². The average molecular weight is 330 g/mol. The standard InChI is InChI=1S/C17H22N4O3/c1-10(2)7-14(12-5-4-6-18-9-12)20-15(22)8-13-11(3)19-17(24)21-16(13)23/h4-6,9-10,14H,7-8H2,1-3H3,(H,20,22)(H2,19,21,23,24)/t14-/m0/s1. The second-order valence-electron chi connectivity index (χ2n) is 6.22. The molecule has 0 saturated heterocycles. The summed E-state index contributed by atoms with van der Waals surface area (Å²) in [4.78, 5) is 44.2. The van der Waals surface area contributed by atoms with Crippen LogP contribution in [-0.4, -0.2) is 20.9 Å². The molecule has 2 rings (SSSR count). The van der Waals surface area contributed by atoms with Crippen LogP contribution in [0.3, 0.4) is 0 Å². The van der Waals surface area contributed by atoms with E-state index in [4.69, 9.17) is 0 Å². The van der Waals surface area contributed by atoms with Crippen LogP contribution in [0.2, 0.25) is 0 Å². The fraction of sp³-hybridized carbons (Fsp3) is 0.412. The van der Waals surface area contributed by atoms with Crippen molar-refractivity contribution in [2.24, 2.45) is 5.92 Å². The number of hydrogen-bond donors (Lipinski definition) is 3. The molecule has 0 fully saturated rings. The maximum atomic E-state index is 12.4. The quantitative estimate of drug-likeness (QED) is 0.740. The summed E-state index contributed by atoms with van der Waals surface area (Å²) in [6, 6.07) is 3.57. The van der Waals surface area contributed by atoms with Crippen molar-refractivity contribution in [1.29, 1.82) is 0 Å². The molecule has 7 nitrogen and oxygen atoms in total. The summed E-state index contributed by atoms with van der Waals surface area (Å²) in [5.41, 5.74) is 0.483. The Balaban J connectivity index is 2.17. The minimum atomic E-state index is -0.574. The highest BCUT2D eigenvalue weighted by Crippen LogP contribution is 2.20. The number of carbonyl (C=O) groups excluding carboxylic acids is 1. The predicted molar refractivity (Wildman–Crippen MR) is 90.7 cm³/mol. The van der Waals surface area contributed by atoms with E-state index in [9.17, 15) is 14.4 Å². The predicted octanol–water partition coefficient (Wildman–Crippen LogP) is 1.21. The molecule has 7 heteroatoms. The van der Waals surface area contributed by atoms with Gasteiger partial charge in [-0.25, -0.2) is 4.79 Å². The van der Waals surface area contributed by atoms with Crippen LogP contribution < -0.4 is 16.6 Å². The molecule has 2 aromatic heterocycles. The third-order valence-electron chi connectivity index (χ3n) is 3.72. The lowest BCUT2D eigenvalue weighted by atomic mass is 9.98. The molecule has 0 radical (unpaired) electrons. The first-order chi connectivity index (χ1) is 11.4. The molecule has 0 aromatic carbocycles. The minimum Gasteiger partial charge on any atom is -0.349 e. The monoisotopic (exact) mass is 330 g/mol. The van der Waals surface area contributed by atoms with Gasteiger partial charge in [0.1, 0.15) is 0 Å². The number of amides is 1. The highest BCUT2D eigenvalue weighted by atomic mass is 16.2. The van der Waals surface area contributed by atoms with Gasteiger partial charge in [0.25, 0.3) is 5.56 Å². The van der Waals surface area contributed by atoms with Gasteiger partial charge in [-0.2, -0.15) is 0 Å². The van der Waals surface area contributed by atoms with Crippen molar-refractivity contribution >= 4 is 5.91 Å². The average Bonchev–Trinajstić information content (AvgIpc) is 2.50. The molecule has 0 saturated carbocycles. The van der Waals surface area contributed by atoms with Gasteiger partial charge in [-0.15, -0.1) is 0 Å². The summed E-state index contributed by atoms with van der Waals surface area (Å²) in [5, 5.41) is 2.96. The summed E-state index contributed by atoms with van der Waals surface area (Å²) in [7, 11) is 0. The summed E-state index contributed by atoms with van der Waals surface area (Å²) < 4.78 is 0. The number of hydrogen-bond acceptors (Lipinski definition) is 4. The molecule has 0 aliphatic carbocycles. The molecule has 2 heterocycles. The maximum Gasteiger partial charge on any atom is 0.325 e. The Labute approximate surface area is 139 Å². The van der Waals surface area contributed by atoms with Crippen LogP contribution in [-0.2, 0) is 11.2 Å². The molecule has 0 aliphatic rings. The van der Waals surface area contributed by atoms with Gasteiger partial charge in [0.15, 0.2) is 0 Å². The number of aromatic nitrogens is 3. The van der Waals surface area contributed by atoms with Crippen LogP contribution in [0.1, 0.15) is 43.1 Å². The van der Waals surface area contributed by atoms with Crippen LogP contribution in [0.4, 0.5) is 0 Å². The van der Waals surface area contributed by atoms with E-state index in [1.165, 1.54) is 0 Å². The van der Waals surface area contributed by atoms with Gasteiger partial charge in [-0.05, 0) is 30.9 Å². The van der Waals surface area contributed by atoms with E-state index in [1.54, 1.807) is 19.3 Å². The third-order valence-corrected chi connectivity index (χ3v) is 3.72. The first-order valence-electron chi connectivity index (χ1n) is 7.88. The number of rotatable bonds is 6. The zero-order valence-electron chi connectivity index (χ0n) is 14.1. The second kappa shape index (κ2) is 7.72. The number of carbonyl (C=O) groups is 1. The molecule has 1 amide bonds. The van der Waals surface area contributed by atoms with Crippen molar-refractivity contribution in [3.8, 4) is 0 Å². The Morgan fingerprint density at radius 3 is 2.62 bits per heavy atom. The van der Waals surface area contributed by atoms with Gasteiger partial charge in [0, 0.05) is 23.7 Å². The molecule has 24 heavy (non-hydrogen) atoms. The van der Waals surface area contributed by atoms with Crippen LogP contribution in [0.5, 0.6) is 0 Å². The first-order valence-corrected chi connectivity index (χ1v) is 7.88. The van der Waals surface area contributed by atoms with E-state index in [-0.39, 0.29) is 23.9 Å². The van der Waals surface area contributed by atoms with Crippen LogP contribution in [0.25, 0.3) is 0 Å². The van der Waals surface area contributed by atoms with Gasteiger partial charge in [-0.1, -0.05) is 19.9 Å². The van der Waals surface area contributed by atoms with E-state index in [0.717, 1.165) is 12.0 Å². The molecule has 1 atom stereocenters. The summed E-state index contributed by atoms with van der Waals surface area (Å²) in [5.74, 6) is 0.110. The number of aromatic amines is 2. The molecule has 128 valence electrons. The molecule has 0 aliphatic heterocycles. The molecule has 0 bridgehead atoms. The Morgan fingerprint density at radius 1 is 1.29 bits per heavy atom. The Kier molecular flexibility index (Phi) is 5.68. The smallest absolute Gasteiger partial charge is 0.325 e. The number of nitrogens with zero attached hydrogens (tertiary/aromatic N) is 1. The van der Waals surface area contributed by atoms with E-state index >= 15 is 0 Å². The fourth-order valence-electron chi connectivity index (χ4n) is 2.58. The largest absolute Gasteiger partial charge is 0.349 e. The molecule has 3 N–H and O–H groups in total. The lowest BCUT2D eigenvalue weighted by Gasteiger charge is -2.21. The highest BCUT2D eigenvalue weighted by molar-refractivity contribution is 5.79. The van der Waals surface area contributed by atoms with Crippen LogP contribution >= 0.6 is 0 Å². The Bertz CT molecular complexity index is 809. The summed E-state index contributed by atoms with van der Waals surface area (Å²) in [6.07, 6.45) is 4.08. The third kappa shape index (κ3) is 4.65. The van der Waals surface area contributed by atoms with E-state index in [2.05, 4.69) is 34.1 Å². The van der Waals surface area contributed by atoms with Crippen molar-refractivity contribution in [2.75, 3.05) is 0 Å². The van der Waals surface area contributed by atoms with E-state index < -0.39 is 11.2 Å². The van der Waals surface area contributed by atoms with E-state index in [1.807, 2.05) is 12.1 Å². The van der Waals surface area contributed by atoms with E-state index in [0.29, 0.717) is 11.6 Å². The number of H-pyrrole nitrogens is 2. The van der Waals surface area contributed by atoms with Crippen LogP contribution in [0.15, 0.2) is 34.1 Å². The molecule has 0 unspecified atom stereocenters. The number of aryl methyl sites for hydroxylation is 1. The van der Waals surface area contributed by atoms with Crippen molar-refractivity contribution < 1.29 is 4.79 Å². The lowest BCUT2D eigenvalue weighted by molar-refractivity contribution is -0.121. The summed E-state index contributed by atoms with van der Waals surface area (Å²) >= 11 is 0. The number of nitrogens with one attached hydrogen (secondary N) is 3. The fourth-order valence-corrected chi connectivity index (χ4v) is 2.58. The van der Waals surface area contributed by atoms with Crippen molar-refractivity contribution in [3.05, 3.63) is 62.2 Å². The maximum absolute atomic E-state index is 12.4. The lowest BCUT2D eigenvalue weighted by Crippen LogP contribution is -2.34. The van der Waals surface area contributed by atoms with Gasteiger partial charge >= 0.3 is 5.69 Å². The van der Waals surface area contributed by atoms with Gasteiger partial charge in [-0.3, -0.25) is 19.6 Å². The SMILES string of the molecule is Cc1[nH]c(=O)[nH]c(=O)c1CC(=O)N[C@@H](CC(C)C)c1cccnc1. The van der Waals surface area contributed by atoms with Crippen molar-refractivity contribution in [2.45, 2.75) is 39.7 Å². The molecule has 0 spiro atoms. The molecular formula is C17H22N4O3. The normalized spacial score (nSPS) is 12.2. The zero-order chi connectivity index (χ0) is 17.7. The van der Waals surface area contributed by atoms with Crippen molar-refractivity contribution in [1.82, 2.24) is 20.3 Å². The van der Waals surface area contributed by atoms with Crippen LogP contribution in [0, 0.1) is 12.8 Å². The minimum absolute atomic E-state index is 0.0905. The molecular weight excluding hydrogens is 308 g/mol.